The Kier molecular flexibility index (Phi) is 9.06. The highest BCUT2D eigenvalue weighted by Crippen LogP contribution is 2.52. The van der Waals surface area contributed by atoms with Gasteiger partial charge in [-0.05, 0) is 68.0 Å². The molecule has 5 aromatic rings. The number of carbonyl (C=O) groups excluding carboxylic acids is 1. The first-order valence-corrected chi connectivity index (χ1v) is 16.0. The van der Waals surface area contributed by atoms with Gasteiger partial charge in [0, 0.05) is 41.6 Å². The number of aryl methyl sites for hydroxylation is 1. The fraction of sp³-hybridized carbons (Fsp3) is 0.333. The smallest absolute Gasteiger partial charge is 0.382 e. The van der Waals surface area contributed by atoms with Crippen molar-refractivity contribution in [3.8, 4) is 23.0 Å². The lowest BCUT2D eigenvalue weighted by atomic mass is 9.93. The number of aromatic nitrogens is 5. The fourth-order valence-corrected chi connectivity index (χ4v) is 6.63. The molecule has 0 radical (unpaired) electrons. The van der Waals surface area contributed by atoms with Gasteiger partial charge < -0.3 is 16.2 Å². The van der Waals surface area contributed by atoms with Crippen molar-refractivity contribution in [1.82, 2.24) is 29.9 Å². The maximum Gasteiger partial charge on any atom is 0.435 e. The maximum absolute atomic E-state index is 15.1. The van der Waals surface area contributed by atoms with Crippen LogP contribution in [0.1, 0.15) is 73.1 Å². The molecular weight excluding hydrogens is 695 g/mol. The molecule has 1 aliphatic carbocycles. The molecule has 0 spiro atoms. The molecule has 2 atom stereocenters. The monoisotopic (exact) mass is 727 g/mol. The van der Waals surface area contributed by atoms with Crippen molar-refractivity contribution in [2.24, 2.45) is 7.05 Å². The predicted octanol–water partition coefficient (Wildman–Crippen LogP) is 6.53. The van der Waals surface area contributed by atoms with Crippen LogP contribution in [0.3, 0.4) is 0 Å². The van der Waals surface area contributed by atoms with E-state index in [0.717, 1.165) is 12.1 Å². The third-order valence-corrected chi connectivity index (χ3v) is 8.58. The number of hydrogen-bond acceptors (Lipinski definition) is 6. The average molecular weight is 728 g/mol. The van der Waals surface area contributed by atoms with E-state index < -0.39 is 77.1 Å². The zero-order chi connectivity index (χ0) is 37.9. The maximum atomic E-state index is 15.1. The predicted molar refractivity (Wildman–Crippen MR) is 177 cm³/mol. The number of nitrogens with one attached hydrogen (secondary N) is 1. The number of benzene rings is 2. The topological polar surface area (TPSA) is 124 Å². The molecule has 6 rings (SSSR count). The van der Waals surface area contributed by atoms with Crippen LogP contribution in [0.15, 0.2) is 48.5 Å². The lowest BCUT2D eigenvalue weighted by molar-refractivity contribution is -0.142. The van der Waals surface area contributed by atoms with Gasteiger partial charge in [-0.25, -0.2) is 13.8 Å². The minimum Gasteiger partial charge on any atom is -0.382 e. The minimum absolute atomic E-state index is 0.0613. The summed E-state index contributed by atoms with van der Waals surface area (Å²) in [6.07, 6.45) is -6.27. The van der Waals surface area contributed by atoms with E-state index >= 15 is 8.78 Å². The SMILES string of the molecule is C[C@H]1CC(F)(F)c2c1c(C(F)(F)F)nn2CC(=O)N[C@@H](Cc1cc(F)cc(F)c1)c1nc(C#CC(C)(C)O)ccc1-c1cccc2c(N)nn(C)c12. The molecule has 0 unspecified atom stereocenters. The Morgan fingerprint density at radius 2 is 1.79 bits per heavy atom. The first-order valence-electron chi connectivity index (χ1n) is 16.0. The van der Waals surface area contributed by atoms with Crippen molar-refractivity contribution in [1.29, 1.82) is 0 Å². The number of amides is 1. The number of fused-ring (bicyclic) bond motifs is 2. The van der Waals surface area contributed by atoms with E-state index in [-0.39, 0.29) is 29.2 Å². The molecule has 16 heteroatoms. The van der Waals surface area contributed by atoms with Gasteiger partial charge in [0.15, 0.2) is 11.5 Å². The Morgan fingerprint density at radius 1 is 1.10 bits per heavy atom. The van der Waals surface area contributed by atoms with E-state index in [9.17, 15) is 31.9 Å². The van der Waals surface area contributed by atoms with Crippen LogP contribution < -0.4 is 11.1 Å². The van der Waals surface area contributed by atoms with E-state index in [1.54, 1.807) is 37.4 Å². The molecule has 0 fully saturated rings. The van der Waals surface area contributed by atoms with Crippen LogP contribution >= 0.6 is 0 Å². The van der Waals surface area contributed by atoms with Crippen LogP contribution in [-0.4, -0.2) is 41.2 Å². The zero-order valence-electron chi connectivity index (χ0n) is 28.2. The van der Waals surface area contributed by atoms with Crippen molar-refractivity contribution in [3.63, 3.8) is 0 Å². The standard InChI is InChI=1S/C36H32F7N7O2/c1-18-16-35(39,40)32-28(18)31(36(41,42)43)47-50(32)17-27(51)46-26(14-19-12-20(37)15-21(38)13-19)29-23(9-8-22(45-29)10-11-34(2,3)52)24-6-5-7-25-30(24)49(4)48-33(25)44/h5-9,12-13,15,18,26,52H,14,16-17H2,1-4H3,(H2,44,48)(H,46,51)/t18-,26-/m0/s1. The van der Waals surface area contributed by atoms with Gasteiger partial charge >= 0.3 is 6.18 Å². The van der Waals surface area contributed by atoms with E-state index in [2.05, 4.69) is 32.3 Å². The first-order chi connectivity index (χ1) is 24.2. The number of hydrogen-bond donors (Lipinski definition) is 3. The summed E-state index contributed by atoms with van der Waals surface area (Å²) >= 11 is 0. The number of carbonyl (C=O) groups is 1. The Morgan fingerprint density at radius 3 is 2.44 bits per heavy atom. The summed E-state index contributed by atoms with van der Waals surface area (Å²) < 4.78 is 103. The Hall–Kier alpha value is -5.43. The van der Waals surface area contributed by atoms with Gasteiger partial charge in [-0.15, -0.1) is 0 Å². The van der Waals surface area contributed by atoms with Gasteiger partial charge in [-0.2, -0.15) is 32.1 Å². The number of pyridine rings is 1. The summed E-state index contributed by atoms with van der Waals surface area (Å²) in [5.74, 6) is -2.14. The molecule has 4 N–H and O–H groups in total. The van der Waals surface area contributed by atoms with E-state index in [1.807, 2.05) is 0 Å². The van der Waals surface area contributed by atoms with Crippen LogP contribution in [0.25, 0.3) is 22.0 Å². The summed E-state index contributed by atoms with van der Waals surface area (Å²) in [7, 11) is 1.65. The van der Waals surface area contributed by atoms with Crippen molar-refractivity contribution in [2.75, 3.05) is 5.73 Å². The minimum atomic E-state index is -5.07. The zero-order valence-corrected chi connectivity index (χ0v) is 28.2. The fourth-order valence-electron chi connectivity index (χ4n) is 6.63. The molecule has 1 aliphatic rings. The van der Waals surface area contributed by atoms with Gasteiger partial charge in [0.25, 0.3) is 5.92 Å². The molecule has 52 heavy (non-hydrogen) atoms. The summed E-state index contributed by atoms with van der Waals surface area (Å²) in [5, 5.41) is 21.2. The number of anilines is 1. The largest absolute Gasteiger partial charge is 0.435 e. The second-order valence-corrected chi connectivity index (χ2v) is 13.3. The molecule has 0 bridgehead atoms. The Balaban J connectivity index is 1.51. The number of nitrogens with two attached hydrogens (primary N) is 1. The van der Waals surface area contributed by atoms with Gasteiger partial charge in [0.2, 0.25) is 5.91 Å². The third-order valence-electron chi connectivity index (χ3n) is 8.58. The van der Waals surface area contributed by atoms with Crippen LogP contribution in [0.4, 0.5) is 36.6 Å². The second-order valence-electron chi connectivity index (χ2n) is 13.3. The molecule has 0 saturated heterocycles. The summed E-state index contributed by atoms with van der Waals surface area (Å²) in [6, 6.07) is 9.76. The highest BCUT2D eigenvalue weighted by atomic mass is 19.4. The van der Waals surface area contributed by atoms with Crippen molar-refractivity contribution in [3.05, 3.63) is 94.1 Å². The highest BCUT2D eigenvalue weighted by molar-refractivity contribution is 6.00. The van der Waals surface area contributed by atoms with Gasteiger partial charge in [-0.3, -0.25) is 14.2 Å². The number of nitrogen functional groups attached to an aromatic ring is 1. The van der Waals surface area contributed by atoms with Crippen LogP contribution in [0.2, 0.25) is 0 Å². The van der Waals surface area contributed by atoms with Gasteiger partial charge in [0.1, 0.15) is 35.2 Å². The van der Waals surface area contributed by atoms with Crippen molar-refractivity contribution < 1.29 is 40.6 Å². The van der Waals surface area contributed by atoms with Gasteiger partial charge in [-0.1, -0.05) is 25.0 Å². The molecule has 3 heterocycles. The molecule has 272 valence electrons. The van der Waals surface area contributed by atoms with Gasteiger partial charge in [0.05, 0.1) is 17.3 Å². The quantitative estimate of drug-likeness (QED) is 0.129. The molecule has 9 nitrogen and oxygen atoms in total. The molecule has 0 saturated carbocycles. The van der Waals surface area contributed by atoms with Crippen molar-refractivity contribution in [2.45, 2.75) is 69.8 Å². The van der Waals surface area contributed by atoms with E-state index in [4.69, 9.17) is 5.73 Å². The summed E-state index contributed by atoms with van der Waals surface area (Å²) in [4.78, 5) is 18.5. The summed E-state index contributed by atoms with van der Waals surface area (Å²) in [6.45, 7) is 3.08. The van der Waals surface area contributed by atoms with Crippen LogP contribution in [-0.2, 0) is 36.9 Å². The molecule has 1 amide bonds. The van der Waals surface area contributed by atoms with E-state index in [0.29, 0.717) is 32.8 Å². The van der Waals surface area contributed by atoms with Crippen molar-refractivity contribution >= 4 is 22.6 Å². The molecule has 0 aliphatic heterocycles. The Labute approximate surface area is 292 Å². The number of para-hydroxylation sites is 1. The number of halogens is 7. The van der Waals surface area contributed by atoms with Crippen LogP contribution in [0, 0.1) is 23.5 Å². The third kappa shape index (κ3) is 7.18. The molecular formula is C36H32F7N7O2. The summed E-state index contributed by atoms with van der Waals surface area (Å²) in [5.41, 5.74) is 3.26. The normalized spacial score (nSPS) is 16.0. The first kappa shape index (κ1) is 36.4. The van der Waals surface area contributed by atoms with Crippen LogP contribution in [0.5, 0.6) is 0 Å². The number of nitrogens with zero attached hydrogens (tertiary/aromatic N) is 5. The molecule has 3 aromatic heterocycles. The Bertz CT molecular complexity index is 2260. The highest BCUT2D eigenvalue weighted by Gasteiger charge is 2.53. The number of aliphatic hydroxyl groups is 1. The van der Waals surface area contributed by atoms with E-state index in [1.165, 1.54) is 25.5 Å². The lowest BCUT2D eigenvalue weighted by Crippen LogP contribution is -2.35. The average Bonchev–Trinajstić information content (AvgIpc) is 3.64. The second kappa shape index (κ2) is 13.0. The number of alkyl halides is 5. The number of rotatable bonds is 7. The molecule has 2 aromatic carbocycles. The lowest BCUT2D eigenvalue weighted by Gasteiger charge is -2.23.